The molecule has 4 fully saturated rings. The van der Waals surface area contributed by atoms with Crippen molar-refractivity contribution >= 4 is 33.5 Å². The molecule has 4 aliphatic rings. The molecule has 4 bridgehead atoms. The van der Waals surface area contributed by atoms with Crippen LogP contribution in [0.15, 0.2) is 61.5 Å². The molecule has 3 aromatic rings. The molecule has 0 amide bonds. The first-order valence-corrected chi connectivity index (χ1v) is 13.2. The number of benzene rings is 2. The Kier molecular flexibility index (Phi) is 5.67. The molecule has 0 spiro atoms. The molecule has 7 rings (SSSR count). The molecule has 1 aromatic heterocycles. The lowest BCUT2D eigenvalue weighted by Crippen LogP contribution is -2.48. The molecule has 2 aromatic carbocycles. The van der Waals surface area contributed by atoms with Gasteiger partial charge in [0.15, 0.2) is 0 Å². The van der Waals surface area contributed by atoms with Crippen LogP contribution in [0, 0.1) is 27.9 Å². The standard InChI is InChI=1S/C27H25BrN4O5/c28-20-10-18(27-11-15-7-16(12-27)9-17(8-15)13-27)5-6-22(20)31-25(34)19(24(33)30-26(31)35)14-29-21-3-1-2-4-23(21)32(36)37/h1-6,10,14-17,34H,7-9,11-13H2,(H,30,33,35). The summed E-state index contributed by atoms with van der Waals surface area (Å²) in [5, 5.41) is 22.3. The number of nitro benzene ring substituents is 1. The largest absolute Gasteiger partial charge is 0.493 e. The number of nitrogens with one attached hydrogen (secondary N) is 1. The fraction of sp³-hybridized carbons (Fsp3) is 0.370. The molecule has 9 nitrogen and oxygen atoms in total. The minimum Gasteiger partial charge on any atom is -0.493 e. The predicted octanol–water partition coefficient (Wildman–Crippen LogP) is 5.12. The summed E-state index contributed by atoms with van der Waals surface area (Å²) in [5.41, 5.74) is -0.359. The summed E-state index contributed by atoms with van der Waals surface area (Å²) in [7, 11) is 0. The molecule has 37 heavy (non-hydrogen) atoms. The fourth-order valence-electron chi connectivity index (χ4n) is 7.22. The van der Waals surface area contributed by atoms with Gasteiger partial charge < -0.3 is 5.11 Å². The van der Waals surface area contributed by atoms with Crippen molar-refractivity contribution in [3.63, 3.8) is 0 Å². The number of H-pyrrole nitrogens is 1. The van der Waals surface area contributed by atoms with E-state index in [0.717, 1.165) is 28.5 Å². The van der Waals surface area contributed by atoms with Gasteiger partial charge in [0.25, 0.3) is 11.2 Å². The number of hydrogen-bond acceptors (Lipinski definition) is 6. The number of nitro groups is 1. The van der Waals surface area contributed by atoms with Crippen LogP contribution in [0.4, 0.5) is 11.4 Å². The number of nitrogens with zero attached hydrogens (tertiary/aromatic N) is 3. The molecule has 4 aliphatic carbocycles. The Morgan fingerprint density at radius 3 is 2.35 bits per heavy atom. The van der Waals surface area contributed by atoms with Gasteiger partial charge in [0, 0.05) is 16.8 Å². The normalized spacial score (nSPS) is 26.1. The average Bonchev–Trinajstić information content (AvgIpc) is 2.84. The van der Waals surface area contributed by atoms with Crippen LogP contribution in [0.2, 0.25) is 0 Å². The second-order valence-corrected chi connectivity index (χ2v) is 11.6. The zero-order chi connectivity index (χ0) is 25.9. The number of para-hydroxylation sites is 2. The average molecular weight is 565 g/mol. The molecule has 0 radical (unpaired) electrons. The SMILES string of the molecule is O=c1[nH]c(=O)n(-c2ccc(C34CC5CC(CC(C5)C3)C4)cc2Br)c(O)c1C=Nc1ccccc1[N+](=O)[O-]. The van der Waals surface area contributed by atoms with Gasteiger partial charge in [0.05, 0.1) is 10.6 Å². The highest BCUT2D eigenvalue weighted by molar-refractivity contribution is 9.10. The third kappa shape index (κ3) is 4.03. The van der Waals surface area contributed by atoms with Crippen molar-refractivity contribution in [2.24, 2.45) is 22.7 Å². The zero-order valence-electron chi connectivity index (χ0n) is 19.9. The highest BCUT2D eigenvalue weighted by atomic mass is 79.9. The monoisotopic (exact) mass is 564 g/mol. The van der Waals surface area contributed by atoms with E-state index in [1.54, 1.807) is 12.1 Å². The van der Waals surface area contributed by atoms with Gasteiger partial charge in [-0.2, -0.15) is 0 Å². The fourth-order valence-corrected chi connectivity index (χ4v) is 7.78. The van der Waals surface area contributed by atoms with E-state index in [1.165, 1.54) is 62.3 Å². The Labute approximate surface area is 220 Å². The minimum atomic E-state index is -0.845. The summed E-state index contributed by atoms with van der Waals surface area (Å²) < 4.78 is 1.64. The topological polar surface area (TPSA) is 131 Å². The molecule has 0 saturated heterocycles. The van der Waals surface area contributed by atoms with Crippen molar-refractivity contribution < 1.29 is 10.0 Å². The molecule has 1 heterocycles. The predicted molar refractivity (Wildman–Crippen MR) is 142 cm³/mol. The number of aliphatic imine (C=N–C) groups is 1. The van der Waals surface area contributed by atoms with E-state index in [-0.39, 0.29) is 22.4 Å². The van der Waals surface area contributed by atoms with E-state index in [4.69, 9.17) is 0 Å². The lowest BCUT2D eigenvalue weighted by Gasteiger charge is -2.57. The Morgan fingerprint density at radius 2 is 1.73 bits per heavy atom. The number of hydrogen-bond donors (Lipinski definition) is 2. The van der Waals surface area contributed by atoms with E-state index in [2.05, 4.69) is 25.9 Å². The van der Waals surface area contributed by atoms with Gasteiger partial charge in [-0.1, -0.05) is 18.2 Å². The van der Waals surface area contributed by atoms with Crippen molar-refractivity contribution in [2.45, 2.75) is 43.9 Å². The molecule has 10 heteroatoms. The van der Waals surface area contributed by atoms with Gasteiger partial charge in [-0.05, 0) is 101 Å². The maximum absolute atomic E-state index is 12.8. The van der Waals surface area contributed by atoms with E-state index in [0.29, 0.717) is 10.2 Å². The van der Waals surface area contributed by atoms with Crippen LogP contribution < -0.4 is 11.2 Å². The Balaban J connectivity index is 1.39. The Morgan fingerprint density at radius 1 is 1.08 bits per heavy atom. The van der Waals surface area contributed by atoms with Crippen LogP contribution >= 0.6 is 15.9 Å². The summed E-state index contributed by atoms with van der Waals surface area (Å²) >= 11 is 3.60. The highest BCUT2D eigenvalue weighted by Gasteiger charge is 2.51. The van der Waals surface area contributed by atoms with Gasteiger partial charge in [-0.3, -0.25) is 19.9 Å². The van der Waals surface area contributed by atoms with Crippen LogP contribution in [0.25, 0.3) is 5.69 Å². The smallest absolute Gasteiger partial charge is 0.335 e. The van der Waals surface area contributed by atoms with Crippen LogP contribution in [-0.4, -0.2) is 25.8 Å². The second kappa shape index (κ2) is 8.79. The van der Waals surface area contributed by atoms with E-state index in [9.17, 15) is 24.8 Å². The summed E-state index contributed by atoms with van der Waals surface area (Å²) in [6, 6.07) is 11.7. The highest BCUT2D eigenvalue weighted by Crippen LogP contribution is 2.61. The molecule has 4 saturated carbocycles. The third-order valence-electron chi connectivity index (χ3n) is 8.37. The summed E-state index contributed by atoms with van der Waals surface area (Å²) in [4.78, 5) is 42.3. The number of aromatic hydroxyl groups is 1. The molecule has 0 unspecified atom stereocenters. The molecule has 0 atom stereocenters. The number of halogens is 1. The molecular weight excluding hydrogens is 540 g/mol. The van der Waals surface area contributed by atoms with Crippen LogP contribution in [0.3, 0.4) is 0 Å². The van der Waals surface area contributed by atoms with Crippen molar-refractivity contribution in [2.75, 3.05) is 0 Å². The third-order valence-corrected chi connectivity index (χ3v) is 9.01. The van der Waals surface area contributed by atoms with Crippen molar-refractivity contribution in [3.05, 3.63) is 89.0 Å². The Bertz CT molecular complexity index is 1540. The van der Waals surface area contributed by atoms with Crippen molar-refractivity contribution in [3.8, 4) is 11.6 Å². The van der Waals surface area contributed by atoms with Gasteiger partial charge in [-0.15, -0.1) is 0 Å². The molecule has 2 N–H and O–H groups in total. The lowest BCUT2D eigenvalue weighted by atomic mass is 9.48. The summed E-state index contributed by atoms with van der Waals surface area (Å²) in [5.74, 6) is 1.77. The number of aromatic nitrogens is 2. The number of aromatic amines is 1. The molecule has 190 valence electrons. The van der Waals surface area contributed by atoms with Gasteiger partial charge in [-0.25, -0.2) is 14.4 Å². The maximum Gasteiger partial charge on any atom is 0.335 e. The maximum atomic E-state index is 12.8. The van der Waals surface area contributed by atoms with Crippen LogP contribution in [0.1, 0.15) is 49.7 Å². The lowest BCUT2D eigenvalue weighted by molar-refractivity contribution is -0.384. The number of rotatable bonds is 5. The van der Waals surface area contributed by atoms with Gasteiger partial charge >= 0.3 is 5.69 Å². The second-order valence-electron chi connectivity index (χ2n) is 10.7. The van der Waals surface area contributed by atoms with E-state index >= 15 is 0 Å². The Hall–Kier alpha value is -3.53. The van der Waals surface area contributed by atoms with Crippen LogP contribution in [-0.2, 0) is 5.41 Å². The molecule has 0 aliphatic heterocycles. The van der Waals surface area contributed by atoms with Gasteiger partial charge in [0.1, 0.15) is 11.3 Å². The first-order valence-electron chi connectivity index (χ1n) is 12.4. The van der Waals surface area contributed by atoms with Crippen LogP contribution in [0.5, 0.6) is 5.88 Å². The minimum absolute atomic E-state index is 0.0187. The van der Waals surface area contributed by atoms with E-state index in [1.807, 2.05) is 12.1 Å². The quantitative estimate of drug-likeness (QED) is 0.252. The molecular formula is C27H25BrN4O5. The summed E-state index contributed by atoms with van der Waals surface area (Å²) in [6.45, 7) is 0. The van der Waals surface area contributed by atoms with Crippen molar-refractivity contribution in [1.82, 2.24) is 9.55 Å². The van der Waals surface area contributed by atoms with E-state index < -0.39 is 22.1 Å². The zero-order valence-corrected chi connectivity index (χ0v) is 21.5. The summed E-state index contributed by atoms with van der Waals surface area (Å²) in [6.07, 6.45) is 8.65. The first-order chi connectivity index (χ1) is 17.7. The first kappa shape index (κ1) is 23.8. The van der Waals surface area contributed by atoms with Gasteiger partial charge in [0.2, 0.25) is 5.88 Å². The van der Waals surface area contributed by atoms with Crippen molar-refractivity contribution in [1.29, 1.82) is 0 Å².